The van der Waals surface area contributed by atoms with Gasteiger partial charge in [-0.1, -0.05) is 0 Å². The van der Waals surface area contributed by atoms with Crippen molar-refractivity contribution in [2.75, 3.05) is 19.6 Å². The third kappa shape index (κ3) is 2.15. The summed E-state index contributed by atoms with van der Waals surface area (Å²) in [4.78, 5) is 16.9. The predicted molar refractivity (Wildman–Crippen MR) is 64.7 cm³/mol. The second-order valence-electron chi connectivity index (χ2n) is 4.83. The predicted octanol–water partition coefficient (Wildman–Crippen LogP) is 0.833. The SMILES string of the molecule is O=C1NC(c2ccc[nH]2)CN1CC1CCCN1. The van der Waals surface area contributed by atoms with Crippen LogP contribution in [0.1, 0.15) is 24.6 Å². The molecule has 0 radical (unpaired) electrons. The lowest BCUT2D eigenvalue weighted by molar-refractivity contribution is 0.213. The van der Waals surface area contributed by atoms with Crippen molar-refractivity contribution < 1.29 is 4.79 Å². The van der Waals surface area contributed by atoms with E-state index in [2.05, 4.69) is 15.6 Å². The van der Waals surface area contributed by atoms with Gasteiger partial charge in [-0.25, -0.2) is 4.79 Å². The number of aromatic amines is 1. The standard InChI is InChI=1S/C12H18N4O/c17-12-15-11(10-4-2-6-14-10)8-16(12)7-9-3-1-5-13-9/h2,4,6,9,11,13-14H,1,3,5,7-8H2,(H,15,17). The molecule has 0 saturated carbocycles. The molecule has 3 heterocycles. The zero-order valence-electron chi connectivity index (χ0n) is 9.78. The number of hydrogen-bond donors (Lipinski definition) is 3. The number of aromatic nitrogens is 1. The minimum absolute atomic E-state index is 0.0540. The Morgan fingerprint density at radius 1 is 1.47 bits per heavy atom. The number of carbonyl (C=O) groups is 1. The van der Waals surface area contributed by atoms with Crippen LogP contribution in [0.3, 0.4) is 0 Å². The molecule has 3 N–H and O–H groups in total. The molecular formula is C12H18N4O. The Bertz CT molecular complexity index is 383. The number of rotatable bonds is 3. The molecule has 2 atom stereocenters. The molecule has 1 aromatic heterocycles. The van der Waals surface area contributed by atoms with E-state index in [4.69, 9.17) is 0 Å². The highest BCUT2D eigenvalue weighted by Gasteiger charge is 2.32. The Kier molecular flexibility index (Phi) is 2.76. The van der Waals surface area contributed by atoms with Crippen LogP contribution in [0.25, 0.3) is 0 Å². The van der Waals surface area contributed by atoms with Gasteiger partial charge < -0.3 is 20.5 Å². The van der Waals surface area contributed by atoms with Gasteiger partial charge in [-0.3, -0.25) is 0 Å². The summed E-state index contributed by atoms with van der Waals surface area (Å²) in [5.74, 6) is 0. The van der Waals surface area contributed by atoms with E-state index in [0.29, 0.717) is 6.04 Å². The summed E-state index contributed by atoms with van der Waals surface area (Å²) >= 11 is 0. The van der Waals surface area contributed by atoms with Gasteiger partial charge in [0.25, 0.3) is 0 Å². The molecule has 2 saturated heterocycles. The molecule has 1 aromatic rings. The van der Waals surface area contributed by atoms with E-state index in [1.165, 1.54) is 12.8 Å². The molecule has 2 fully saturated rings. The van der Waals surface area contributed by atoms with E-state index >= 15 is 0 Å². The van der Waals surface area contributed by atoms with Gasteiger partial charge in [0.05, 0.1) is 6.04 Å². The first-order chi connectivity index (χ1) is 8.33. The fourth-order valence-electron chi connectivity index (χ4n) is 2.66. The van der Waals surface area contributed by atoms with Gasteiger partial charge in [0.1, 0.15) is 0 Å². The molecule has 3 rings (SSSR count). The van der Waals surface area contributed by atoms with Crippen molar-refractivity contribution in [2.24, 2.45) is 0 Å². The Hall–Kier alpha value is -1.49. The monoisotopic (exact) mass is 234 g/mol. The van der Waals surface area contributed by atoms with Gasteiger partial charge in [-0.15, -0.1) is 0 Å². The first-order valence-corrected chi connectivity index (χ1v) is 6.25. The van der Waals surface area contributed by atoms with Gasteiger partial charge in [-0.05, 0) is 31.5 Å². The van der Waals surface area contributed by atoms with Gasteiger partial charge in [0.15, 0.2) is 0 Å². The van der Waals surface area contributed by atoms with Crippen LogP contribution in [0, 0.1) is 0 Å². The minimum Gasteiger partial charge on any atom is -0.363 e. The molecule has 0 aromatic carbocycles. The second-order valence-corrected chi connectivity index (χ2v) is 4.83. The van der Waals surface area contributed by atoms with E-state index in [9.17, 15) is 4.79 Å². The van der Waals surface area contributed by atoms with Crippen LogP contribution in [0.2, 0.25) is 0 Å². The van der Waals surface area contributed by atoms with Crippen molar-refractivity contribution in [2.45, 2.75) is 24.9 Å². The van der Waals surface area contributed by atoms with Crippen molar-refractivity contribution >= 4 is 6.03 Å². The highest BCUT2D eigenvalue weighted by atomic mass is 16.2. The fraction of sp³-hybridized carbons (Fsp3) is 0.583. The lowest BCUT2D eigenvalue weighted by Gasteiger charge is -2.19. The number of H-pyrrole nitrogens is 1. The summed E-state index contributed by atoms with van der Waals surface area (Å²) in [5.41, 5.74) is 1.08. The molecule has 2 amide bonds. The van der Waals surface area contributed by atoms with Crippen molar-refractivity contribution in [1.82, 2.24) is 20.5 Å². The molecule has 0 aliphatic carbocycles. The van der Waals surface area contributed by atoms with Gasteiger partial charge in [0, 0.05) is 31.0 Å². The number of urea groups is 1. The molecule has 2 unspecified atom stereocenters. The molecule has 5 heteroatoms. The summed E-state index contributed by atoms with van der Waals surface area (Å²) < 4.78 is 0. The number of nitrogens with one attached hydrogen (secondary N) is 3. The van der Waals surface area contributed by atoms with E-state index in [1.807, 2.05) is 23.2 Å². The summed E-state index contributed by atoms with van der Waals surface area (Å²) in [6, 6.07) is 4.62. The quantitative estimate of drug-likeness (QED) is 0.725. The smallest absolute Gasteiger partial charge is 0.318 e. The number of amides is 2. The van der Waals surface area contributed by atoms with E-state index < -0.39 is 0 Å². The Morgan fingerprint density at radius 2 is 2.41 bits per heavy atom. The highest BCUT2D eigenvalue weighted by Crippen LogP contribution is 2.19. The van der Waals surface area contributed by atoms with Crippen molar-refractivity contribution in [3.8, 4) is 0 Å². The molecular weight excluding hydrogens is 216 g/mol. The van der Waals surface area contributed by atoms with Crippen LogP contribution in [0.4, 0.5) is 4.79 Å². The molecule has 0 spiro atoms. The van der Waals surface area contributed by atoms with Gasteiger partial charge in [0.2, 0.25) is 0 Å². The zero-order chi connectivity index (χ0) is 11.7. The maximum absolute atomic E-state index is 11.8. The van der Waals surface area contributed by atoms with Crippen molar-refractivity contribution in [3.63, 3.8) is 0 Å². The fourth-order valence-corrected chi connectivity index (χ4v) is 2.66. The first-order valence-electron chi connectivity index (χ1n) is 6.25. The largest absolute Gasteiger partial charge is 0.363 e. The Morgan fingerprint density at radius 3 is 3.12 bits per heavy atom. The van der Waals surface area contributed by atoms with Crippen molar-refractivity contribution in [1.29, 1.82) is 0 Å². The Labute approximate surface area is 101 Å². The molecule has 5 nitrogen and oxygen atoms in total. The molecule has 2 aliphatic rings. The lowest BCUT2D eigenvalue weighted by Crippen LogP contribution is -2.39. The number of hydrogen-bond acceptors (Lipinski definition) is 2. The molecule has 0 bridgehead atoms. The van der Waals surface area contributed by atoms with Crippen LogP contribution >= 0.6 is 0 Å². The first kappa shape index (κ1) is 10.7. The van der Waals surface area contributed by atoms with Crippen LogP contribution in [0.15, 0.2) is 18.3 Å². The number of nitrogens with zero attached hydrogens (tertiary/aromatic N) is 1. The van der Waals surface area contributed by atoms with Gasteiger partial charge >= 0.3 is 6.03 Å². The van der Waals surface area contributed by atoms with E-state index in [1.54, 1.807) is 0 Å². The highest BCUT2D eigenvalue weighted by molar-refractivity contribution is 5.77. The molecule has 17 heavy (non-hydrogen) atoms. The average Bonchev–Trinajstić information content (AvgIpc) is 3.02. The summed E-state index contributed by atoms with van der Waals surface area (Å²) in [6.07, 6.45) is 4.29. The summed E-state index contributed by atoms with van der Waals surface area (Å²) in [6.45, 7) is 2.67. The summed E-state index contributed by atoms with van der Waals surface area (Å²) in [7, 11) is 0. The lowest BCUT2D eigenvalue weighted by atomic mass is 10.2. The second kappa shape index (κ2) is 4.41. The third-order valence-electron chi connectivity index (χ3n) is 3.59. The normalized spacial score (nSPS) is 28.7. The van der Waals surface area contributed by atoms with Crippen LogP contribution in [-0.4, -0.2) is 41.6 Å². The minimum atomic E-state index is 0.0540. The topological polar surface area (TPSA) is 60.2 Å². The van der Waals surface area contributed by atoms with Gasteiger partial charge in [-0.2, -0.15) is 0 Å². The number of carbonyl (C=O) groups excluding carboxylic acids is 1. The van der Waals surface area contributed by atoms with Crippen LogP contribution in [-0.2, 0) is 0 Å². The van der Waals surface area contributed by atoms with Crippen molar-refractivity contribution in [3.05, 3.63) is 24.0 Å². The van der Waals surface area contributed by atoms with E-state index in [-0.39, 0.29) is 12.1 Å². The molecule has 92 valence electrons. The Balaban J connectivity index is 1.61. The third-order valence-corrected chi connectivity index (χ3v) is 3.59. The van der Waals surface area contributed by atoms with E-state index in [0.717, 1.165) is 25.3 Å². The average molecular weight is 234 g/mol. The maximum atomic E-state index is 11.8. The zero-order valence-corrected chi connectivity index (χ0v) is 9.78. The molecule has 2 aliphatic heterocycles. The van der Waals surface area contributed by atoms with Crippen LogP contribution in [0.5, 0.6) is 0 Å². The summed E-state index contributed by atoms with van der Waals surface area (Å²) in [5, 5.41) is 6.43. The van der Waals surface area contributed by atoms with Crippen LogP contribution < -0.4 is 10.6 Å². The maximum Gasteiger partial charge on any atom is 0.318 e.